The quantitative estimate of drug-likeness (QED) is 0.400. The lowest BCUT2D eigenvalue weighted by Gasteiger charge is -2.29. The minimum absolute atomic E-state index is 0.00907. The van der Waals surface area contributed by atoms with Gasteiger partial charge in [-0.2, -0.15) is 30.7 Å². The summed E-state index contributed by atoms with van der Waals surface area (Å²) in [6, 6.07) is 11.1. The van der Waals surface area contributed by atoms with Crippen molar-refractivity contribution in [1.82, 2.24) is 0 Å². The number of anilines is 1. The highest BCUT2D eigenvalue weighted by molar-refractivity contribution is 5.51. The third kappa shape index (κ3) is 7.15. The van der Waals surface area contributed by atoms with Crippen molar-refractivity contribution in [1.29, 1.82) is 0 Å². The van der Waals surface area contributed by atoms with Crippen molar-refractivity contribution in [3.63, 3.8) is 0 Å². The van der Waals surface area contributed by atoms with E-state index in [0.717, 1.165) is 37.8 Å². The number of rotatable bonds is 10. The molecule has 0 spiro atoms. The Bertz CT molecular complexity index is 933. The maximum absolute atomic E-state index is 13.3. The van der Waals surface area contributed by atoms with Crippen LogP contribution in [0.5, 0.6) is 11.5 Å². The molecular weight excluding hydrogens is 471 g/mol. The Kier molecular flexibility index (Phi) is 8.17. The Labute approximate surface area is 191 Å². The number of hydrogen-bond donors (Lipinski definition) is 1. The van der Waals surface area contributed by atoms with Crippen molar-refractivity contribution in [2.24, 2.45) is 0 Å². The van der Waals surface area contributed by atoms with Gasteiger partial charge in [-0.05, 0) is 55.5 Å². The van der Waals surface area contributed by atoms with E-state index in [4.69, 9.17) is 4.74 Å². The van der Waals surface area contributed by atoms with Crippen molar-refractivity contribution in [3.05, 3.63) is 54.1 Å². The molecule has 0 amide bonds. The van der Waals surface area contributed by atoms with Crippen LogP contribution in [0.25, 0.3) is 0 Å². The Balaban J connectivity index is 1.83. The molecule has 1 atom stereocenters. The Morgan fingerprint density at radius 3 is 2.24 bits per heavy atom. The number of benzene rings is 2. The molecule has 2 aromatic rings. The summed E-state index contributed by atoms with van der Waals surface area (Å²) in [5, 5.41) is 9.66. The van der Waals surface area contributed by atoms with Crippen LogP contribution in [0.15, 0.2) is 48.5 Å². The van der Waals surface area contributed by atoms with Crippen LogP contribution < -0.4 is 14.4 Å². The monoisotopic (exact) mass is 495 g/mol. The number of aliphatic hydroxyl groups is 1. The van der Waals surface area contributed by atoms with E-state index in [1.54, 1.807) is 12.1 Å². The molecule has 0 heterocycles. The number of nitrogens with zero attached hydrogens (tertiary/aromatic N) is 1. The van der Waals surface area contributed by atoms with E-state index >= 15 is 0 Å². The zero-order valence-electron chi connectivity index (χ0n) is 18.0. The Morgan fingerprint density at radius 2 is 1.59 bits per heavy atom. The Hall–Kier alpha value is -2.69. The first-order valence-electron chi connectivity index (χ1n) is 10.6. The van der Waals surface area contributed by atoms with E-state index in [1.165, 1.54) is 29.2 Å². The van der Waals surface area contributed by atoms with E-state index in [2.05, 4.69) is 4.74 Å². The zero-order chi connectivity index (χ0) is 24.9. The van der Waals surface area contributed by atoms with Gasteiger partial charge in [-0.3, -0.25) is 0 Å². The fourth-order valence-corrected chi connectivity index (χ4v) is 3.66. The molecule has 0 aromatic heterocycles. The highest BCUT2D eigenvalue weighted by Gasteiger charge is 2.44. The molecule has 1 unspecified atom stereocenters. The molecular formula is C23H24F7NO3. The third-order valence-corrected chi connectivity index (χ3v) is 5.34. The summed E-state index contributed by atoms with van der Waals surface area (Å²) in [7, 11) is 0. The van der Waals surface area contributed by atoms with Crippen LogP contribution in [-0.2, 0) is 6.54 Å². The van der Waals surface area contributed by atoms with Gasteiger partial charge in [0.15, 0.2) is 6.10 Å². The molecule has 0 bridgehead atoms. The lowest BCUT2D eigenvalue weighted by molar-refractivity contribution is -0.253. The van der Waals surface area contributed by atoms with E-state index in [-0.39, 0.29) is 18.2 Å². The fourth-order valence-electron chi connectivity index (χ4n) is 3.66. The molecule has 1 aliphatic rings. The van der Waals surface area contributed by atoms with Crippen LogP contribution in [0.3, 0.4) is 0 Å². The zero-order valence-corrected chi connectivity index (χ0v) is 18.0. The molecule has 34 heavy (non-hydrogen) atoms. The molecule has 0 aliphatic heterocycles. The molecule has 1 N–H and O–H groups in total. The lowest BCUT2D eigenvalue weighted by atomic mass is 10.1. The first-order chi connectivity index (χ1) is 15.9. The summed E-state index contributed by atoms with van der Waals surface area (Å²) in [6.45, 7) is -1.11. The van der Waals surface area contributed by atoms with Crippen molar-refractivity contribution in [2.75, 3.05) is 11.4 Å². The van der Waals surface area contributed by atoms with Gasteiger partial charge in [0.2, 0.25) is 0 Å². The molecule has 1 aliphatic carbocycles. The van der Waals surface area contributed by atoms with Gasteiger partial charge in [0.25, 0.3) is 0 Å². The van der Waals surface area contributed by atoms with Gasteiger partial charge in [-0.25, -0.2) is 0 Å². The molecule has 188 valence electrons. The molecule has 0 radical (unpaired) electrons. The van der Waals surface area contributed by atoms with Crippen LogP contribution in [0, 0.1) is 0 Å². The van der Waals surface area contributed by atoms with Gasteiger partial charge in [-0.15, -0.1) is 0 Å². The summed E-state index contributed by atoms with van der Waals surface area (Å²) in [5.41, 5.74) is 0.502. The maximum atomic E-state index is 13.3. The van der Waals surface area contributed by atoms with Crippen LogP contribution in [0.1, 0.15) is 31.2 Å². The second-order valence-electron chi connectivity index (χ2n) is 8.07. The predicted octanol–water partition coefficient (Wildman–Crippen LogP) is 6.17. The van der Waals surface area contributed by atoms with E-state index < -0.39 is 37.1 Å². The topological polar surface area (TPSA) is 41.9 Å². The smallest absolute Gasteiger partial charge is 0.461 e. The summed E-state index contributed by atoms with van der Waals surface area (Å²) in [6.07, 6.45) is -12.6. The summed E-state index contributed by atoms with van der Waals surface area (Å²) in [4.78, 5) is 1.20. The summed E-state index contributed by atoms with van der Waals surface area (Å²) >= 11 is 0. The van der Waals surface area contributed by atoms with Gasteiger partial charge in [0.05, 0.1) is 12.6 Å². The van der Waals surface area contributed by atoms with Crippen molar-refractivity contribution in [3.8, 4) is 11.5 Å². The average molecular weight is 495 g/mol. The molecule has 11 heteroatoms. The van der Waals surface area contributed by atoms with E-state index in [9.17, 15) is 35.8 Å². The number of halogens is 7. The van der Waals surface area contributed by atoms with Gasteiger partial charge < -0.3 is 19.5 Å². The van der Waals surface area contributed by atoms with Gasteiger partial charge in [0, 0.05) is 18.3 Å². The van der Waals surface area contributed by atoms with E-state index in [1.807, 2.05) is 0 Å². The first kappa shape index (κ1) is 25.9. The Morgan fingerprint density at radius 1 is 0.941 bits per heavy atom. The highest BCUT2D eigenvalue weighted by atomic mass is 19.4. The molecule has 2 aromatic carbocycles. The largest absolute Gasteiger partial charge is 0.490 e. The second-order valence-corrected chi connectivity index (χ2v) is 8.07. The maximum Gasteiger partial charge on any atom is 0.461 e. The minimum atomic E-state index is -4.89. The second kappa shape index (κ2) is 10.7. The average Bonchev–Trinajstić information content (AvgIpc) is 3.25. The number of aliphatic hydroxyl groups excluding tert-OH is 1. The third-order valence-electron chi connectivity index (χ3n) is 5.34. The van der Waals surface area contributed by atoms with Crippen molar-refractivity contribution < 1.29 is 45.3 Å². The van der Waals surface area contributed by atoms with Crippen molar-refractivity contribution >= 4 is 5.69 Å². The van der Waals surface area contributed by atoms with Crippen LogP contribution >= 0.6 is 0 Å². The van der Waals surface area contributed by atoms with Crippen LogP contribution in [0.4, 0.5) is 36.4 Å². The van der Waals surface area contributed by atoms with Gasteiger partial charge >= 0.3 is 18.7 Å². The first-order valence-corrected chi connectivity index (χ1v) is 10.6. The summed E-state index contributed by atoms with van der Waals surface area (Å²) < 4.78 is 101. The molecule has 4 nitrogen and oxygen atoms in total. The van der Waals surface area contributed by atoms with Crippen LogP contribution in [0.2, 0.25) is 0 Å². The SMILES string of the molecule is OC(CN(Cc1cccc(OC(F)(F)C(F)F)c1)c1cccc(OC2CCCC2)c1)C(F)(F)F. The lowest BCUT2D eigenvalue weighted by Crippen LogP contribution is -2.41. The number of ether oxygens (including phenoxy) is 2. The number of hydrogen-bond acceptors (Lipinski definition) is 4. The molecule has 1 fully saturated rings. The highest BCUT2D eigenvalue weighted by Crippen LogP contribution is 2.31. The molecule has 3 rings (SSSR count). The number of alkyl halides is 7. The van der Waals surface area contributed by atoms with E-state index in [0.29, 0.717) is 11.4 Å². The standard InChI is InChI=1S/C23H24F7NO3/c24-21(25)23(29,30)34-19-10-3-5-15(11-19)13-31(14-20(32)22(26,27)28)16-6-4-9-18(12-16)33-17-7-1-2-8-17/h3-6,9-12,17,20-21,32H,1-2,7-8,13-14H2. The van der Waals surface area contributed by atoms with Gasteiger partial charge in [0.1, 0.15) is 11.5 Å². The fraction of sp³-hybridized carbons (Fsp3) is 0.478. The summed E-state index contributed by atoms with van der Waals surface area (Å²) in [5.74, 6) is -0.123. The minimum Gasteiger partial charge on any atom is -0.490 e. The molecule has 0 saturated heterocycles. The van der Waals surface area contributed by atoms with Crippen LogP contribution in [-0.4, -0.2) is 42.6 Å². The van der Waals surface area contributed by atoms with Crippen molar-refractivity contribution in [2.45, 2.75) is 63.1 Å². The normalized spacial score (nSPS) is 16.0. The predicted molar refractivity (Wildman–Crippen MR) is 110 cm³/mol. The molecule has 1 saturated carbocycles. The van der Waals surface area contributed by atoms with Gasteiger partial charge in [-0.1, -0.05) is 18.2 Å².